The molecule has 1 atom stereocenters. The number of aliphatic hydroxyl groups excluding tert-OH is 1. The van der Waals surface area contributed by atoms with Gasteiger partial charge in [0.1, 0.15) is 25.1 Å². The normalized spacial score (nSPS) is 12.5. The molecule has 2 N–H and O–H groups in total. The first-order chi connectivity index (χ1) is 17.1. The fourth-order valence-corrected chi connectivity index (χ4v) is 3.41. The fraction of sp³-hybridized carbons (Fsp3) is 0.269. The molecule has 0 saturated carbocycles. The third-order valence-electron chi connectivity index (χ3n) is 5.23. The highest BCUT2D eigenvalue weighted by molar-refractivity contribution is 5.95. The molecular formula is C26H27NO8. The van der Waals surface area contributed by atoms with Crippen LogP contribution in [0.15, 0.2) is 60.7 Å². The minimum absolute atomic E-state index is 0.0136. The Labute approximate surface area is 203 Å². The van der Waals surface area contributed by atoms with E-state index in [1.807, 2.05) is 30.3 Å². The highest BCUT2D eigenvalue weighted by Crippen LogP contribution is 2.39. The number of hydrogen-bond acceptors (Lipinski definition) is 8. The molecule has 0 fully saturated rings. The smallest absolute Gasteiger partial charge is 0.251 e. The molecule has 1 heterocycles. The van der Waals surface area contributed by atoms with Gasteiger partial charge in [0.15, 0.2) is 23.0 Å². The summed E-state index contributed by atoms with van der Waals surface area (Å²) >= 11 is 0. The van der Waals surface area contributed by atoms with Crippen molar-refractivity contribution in [2.45, 2.75) is 12.7 Å². The number of carbonyl (C=O) groups is 1. The van der Waals surface area contributed by atoms with E-state index >= 15 is 0 Å². The summed E-state index contributed by atoms with van der Waals surface area (Å²) in [5.74, 6) is 2.47. The monoisotopic (exact) mass is 481 g/mol. The van der Waals surface area contributed by atoms with Crippen LogP contribution in [0.2, 0.25) is 0 Å². The van der Waals surface area contributed by atoms with Crippen molar-refractivity contribution < 1.29 is 38.3 Å². The first kappa shape index (κ1) is 24.0. The van der Waals surface area contributed by atoms with Crippen LogP contribution in [0.5, 0.6) is 34.5 Å². The zero-order valence-electron chi connectivity index (χ0n) is 19.5. The topological polar surface area (TPSA) is 105 Å². The second-order valence-electron chi connectivity index (χ2n) is 7.67. The van der Waals surface area contributed by atoms with Gasteiger partial charge in [0.2, 0.25) is 12.5 Å². The van der Waals surface area contributed by atoms with Gasteiger partial charge < -0.3 is 38.8 Å². The molecule has 1 aliphatic rings. The van der Waals surface area contributed by atoms with Crippen LogP contribution in [0, 0.1) is 0 Å². The van der Waals surface area contributed by atoms with E-state index in [-0.39, 0.29) is 19.9 Å². The average molecular weight is 482 g/mol. The predicted molar refractivity (Wildman–Crippen MR) is 127 cm³/mol. The van der Waals surface area contributed by atoms with Crippen molar-refractivity contribution in [2.75, 3.05) is 34.2 Å². The standard InChI is InChI=1S/C26H27NO8/c1-30-23-10-18(11-24(31-2)25(23)33-14-17-6-4-3-5-7-17)26(29)27-13-19(28)15-32-20-8-9-21-22(12-20)35-16-34-21/h3-12,19,28H,13-16H2,1-2H3,(H,27,29). The van der Waals surface area contributed by atoms with E-state index in [2.05, 4.69) is 5.32 Å². The second kappa shape index (κ2) is 11.3. The van der Waals surface area contributed by atoms with E-state index < -0.39 is 12.0 Å². The van der Waals surface area contributed by atoms with Crippen LogP contribution in [0.4, 0.5) is 0 Å². The number of hydrogen-bond donors (Lipinski definition) is 2. The fourth-order valence-electron chi connectivity index (χ4n) is 3.41. The van der Waals surface area contributed by atoms with E-state index in [1.54, 1.807) is 30.3 Å². The Morgan fingerprint density at radius 2 is 1.69 bits per heavy atom. The van der Waals surface area contributed by atoms with Crippen molar-refractivity contribution in [3.8, 4) is 34.5 Å². The van der Waals surface area contributed by atoms with Gasteiger partial charge in [-0.3, -0.25) is 4.79 Å². The molecule has 0 aliphatic carbocycles. The number of benzene rings is 3. The Balaban J connectivity index is 1.34. The second-order valence-corrected chi connectivity index (χ2v) is 7.67. The van der Waals surface area contributed by atoms with Crippen molar-refractivity contribution in [3.05, 3.63) is 71.8 Å². The molecule has 3 aromatic rings. The molecule has 9 nitrogen and oxygen atoms in total. The zero-order valence-corrected chi connectivity index (χ0v) is 19.5. The summed E-state index contributed by atoms with van der Waals surface area (Å²) in [5, 5.41) is 12.9. The molecule has 0 spiro atoms. The molecule has 3 aromatic carbocycles. The van der Waals surface area contributed by atoms with Gasteiger partial charge in [-0.25, -0.2) is 0 Å². The van der Waals surface area contributed by atoms with Crippen LogP contribution in [-0.4, -0.2) is 51.3 Å². The highest BCUT2D eigenvalue weighted by Gasteiger charge is 2.19. The van der Waals surface area contributed by atoms with E-state index in [0.29, 0.717) is 46.7 Å². The van der Waals surface area contributed by atoms with Crippen molar-refractivity contribution >= 4 is 5.91 Å². The number of fused-ring (bicyclic) bond motifs is 1. The lowest BCUT2D eigenvalue weighted by Gasteiger charge is -2.17. The SMILES string of the molecule is COc1cc(C(=O)NCC(O)COc2ccc3c(c2)OCO3)cc(OC)c1OCc1ccccc1. The van der Waals surface area contributed by atoms with Gasteiger partial charge in [0.25, 0.3) is 5.91 Å². The molecule has 9 heteroatoms. The van der Waals surface area contributed by atoms with Gasteiger partial charge in [-0.15, -0.1) is 0 Å². The molecule has 184 valence electrons. The van der Waals surface area contributed by atoms with E-state index in [1.165, 1.54) is 14.2 Å². The largest absolute Gasteiger partial charge is 0.493 e. The number of amides is 1. The molecule has 0 radical (unpaired) electrons. The van der Waals surface area contributed by atoms with Crippen molar-refractivity contribution in [1.82, 2.24) is 5.32 Å². The lowest BCUT2D eigenvalue weighted by molar-refractivity contribution is 0.0843. The van der Waals surface area contributed by atoms with Crippen molar-refractivity contribution in [1.29, 1.82) is 0 Å². The first-order valence-electron chi connectivity index (χ1n) is 11.0. The number of methoxy groups -OCH3 is 2. The van der Waals surface area contributed by atoms with Crippen LogP contribution in [0.25, 0.3) is 0 Å². The number of aliphatic hydroxyl groups is 1. The van der Waals surface area contributed by atoms with Crippen LogP contribution < -0.4 is 33.7 Å². The van der Waals surface area contributed by atoms with Crippen LogP contribution in [0.3, 0.4) is 0 Å². The summed E-state index contributed by atoms with van der Waals surface area (Å²) in [6.45, 7) is 0.455. The molecular weight excluding hydrogens is 454 g/mol. The van der Waals surface area contributed by atoms with Crippen molar-refractivity contribution in [3.63, 3.8) is 0 Å². The Morgan fingerprint density at radius 1 is 0.971 bits per heavy atom. The average Bonchev–Trinajstić information content (AvgIpc) is 3.37. The van der Waals surface area contributed by atoms with Gasteiger partial charge in [0.05, 0.1) is 14.2 Å². The van der Waals surface area contributed by atoms with Crippen LogP contribution in [0.1, 0.15) is 15.9 Å². The third-order valence-corrected chi connectivity index (χ3v) is 5.23. The zero-order chi connectivity index (χ0) is 24.6. The molecule has 1 aliphatic heterocycles. The lowest BCUT2D eigenvalue weighted by Crippen LogP contribution is -2.35. The van der Waals surface area contributed by atoms with Crippen molar-refractivity contribution in [2.24, 2.45) is 0 Å². The maximum absolute atomic E-state index is 12.7. The first-order valence-corrected chi connectivity index (χ1v) is 11.0. The maximum atomic E-state index is 12.7. The summed E-state index contributed by atoms with van der Waals surface area (Å²) in [6.07, 6.45) is -0.929. The molecule has 4 rings (SSSR count). The molecule has 35 heavy (non-hydrogen) atoms. The summed E-state index contributed by atoms with van der Waals surface area (Å²) in [5.41, 5.74) is 1.28. The highest BCUT2D eigenvalue weighted by atomic mass is 16.7. The minimum atomic E-state index is -0.929. The third kappa shape index (κ3) is 6.07. The van der Waals surface area contributed by atoms with Gasteiger partial charge >= 0.3 is 0 Å². The molecule has 0 saturated heterocycles. The van der Waals surface area contributed by atoms with E-state index in [0.717, 1.165) is 5.56 Å². The number of nitrogens with one attached hydrogen (secondary N) is 1. The summed E-state index contributed by atoms with van der Waals surface area (Å²) in [6, 6.07) is 17.9. The number of carbonyl (C=O) groups excluding carboxylic acids is 1. The van der Waals surface area contributed by atoms with Gasteiger partial charge in [-0.05, 0) is 29.8 Å². The van der Waals surface area contributed by atoms with Gasteiger partial charge in [0, 0.05) is 18.2 Å². The molecule has 1 amide bonds. The van der Waals surface area contributed by atoms with Crippen LogP contribution in [-0.2, 0) is 6.61 Å². The van der Waals surface area contributed by atoms with Crippen LogP contribution >= 0.6 is 0 Å². The summed E-state index contributed by atoms with van der Waals surface area (Å²) in [4.78, 5) is 12.7. The summed E-state index contributed by atoms with van der Waals surface area (Å²) < 4.78 is 32.9. The maximum Gasteiger partial charge on any atom is 0.251 e. The molecule has 0 bridgehead atoms. The Bertz CT molecular complexity index is 1130. The Morgan fingerprint density at radius 3 is 2.40 bits per heavy atom. The number of ether oxygens (including phenoxy) is 6. The van der Waals surface area contributed by atoms with Gasteiger partial charge in [-0.1, -0.05) is 30.3 Å². The Kier molecular flexibility index (Phi) is 7.79. The van der Waals surface area contributed by atoms with E-state index in [4.69, 9.17) is 28.4 Å². The quantitative estimate of drug-likeness (QED) is 0.430. The van der Waals surface area contributed by atoms with E-state index in [9.17, 15) is 9.90 Å². The molecule has 1 unspecified atom stereocenters. The number of rotatable bonds is 11. The van der Waals surface area contributed by atoms with Gasteiger partial charge in [-0.2, -0.15) is 0 Å². The lowest BCUT2D eigenvalue weighted by atomic mass is 10.1. The molecule has 0 aromatic heterocycles. The Hall–Kier alpha value is -4.11. The predicted octanol–water partition coefficient (Wildman–Crippen LogP) is 3.18. The summed E-state index contributed by atoms with van der Waals surface area (Å²) in [7, 11) is 2.98. The minimum Gasteiger partial charge on any atom is -0.493 e.